The number of para-hydroxylation sites is 1. The first-order chi connectivity index (χ1) is 7.79. The number of aliphatic hydroxyl groups is 1. The smallest absolute Gasteiger partial charge is 0.140 e. The standard InChI is InChI=1S/C11H10ClNO2S/c12-9-3-1-2-4-10(9)15-7-11-13-5-8(6-14)16-11/h1-5,14H,6-7H2. The van der Waals surface area contributed by atoms with E-state index in [0.29, 0.717) is 17.4 Å². The average Bonchev–Trinajstić information content (AvgIpc) is 2.76. The molecule has 2 rings (SSSR count). The number of thiazole rings is 1. The molecule has 84 valence electrons. The Bertz CT molecular complexity index is 473. The van der Waals surface area contributed by atoms with E-state index >= 15 is 0 Å². The number of aliphatic hydroxyl groups excluding tert-OH is 1. The summed E-state index contributed by atoms with van der Waals surface area (Å²) in [5.41, 5.74) is 0. The lowest BCUT2D eigenvalue weighted by atomic mass is 10.3. The molecule has 1 heterocycles. The molecule has 0 radical (unpaired) electrons. The molecule has 1 N–H and O–H groups in total. The largest absolute Gasteiger partial charge is 0.485 e. The van der Waals surface area contributed by atoms with Crippen LogP contribution >= 0.6 is 22.9 Å². The Kier molecular flexibility index (Phi) is 3.77. The lowest BCUT2D eigenvalue weighted by Crippen LogP contribution is -1.94. The van der Waals surface area contributed by atoms with Crippen molar-refractivity contribution in [2.45, 2.75) is 13.2 Å². The summed E-state index contributed by atoms with van der Waals surface area (Å²) in [6.07, 6.45) is 1.65. The van der Waals surface area contributed by atoms with Gasteiger partial charge in [0.05, 0.1) is 16.5 Å². The van der Waals surface area contributed by atoms with Crippen molar-refractivity contribution >= 4 is 22.9 Å². The Labute approximate surface area is 102 Å². The van der Waals surface area contributed by atoms with Crippen molar-refractivity contribution in [3.63, 3.8) is 0 Å². The highest BCUT2D eigenvalue weighted by Crippen LogP contribution is 2.24. The van der Waals surface area contributed by atoms with E-state index in [1.165, 1.54) is 11.3 Å². The maximum atomic E-state index is 8.89. The first kappa shape index (κ1) is 11.4. The Morgan fingerprint density at radius 2 is 2.19 bits per heavy atom. The molecule has 2 aromatic rings. The average molecular weight is 256 g/mol. The molecular weight excluding hydrogens is 246 g/mol. The van der Waals surface area contributed by atoms with Crippen molar-refractivity contribution in [2.24, 2.45) is 0 Å². The van der Waals surface area contributed by atoms with Crippen LogP contribution in [0, 0.1) is 0 Å². The number of rotatable bonds is 4. The maximum Gasteiger partial charge on any atom is 0.140 e. The second kappa shape index (κ2) is 5.30. The van der Waals surface area contributed by atoms with Gasteiger partial charge >= 0.3 is 0 Å². The highest BCUT2D eigenvalue weighted by molar-refractivity contribution is 7.11. The minimum atomic E-state index is 0.0176. The minimum absolute atomic E-state index is 0.0176. The van der Waals surface area contributed by atoms with E-state index in [2.05, 4.69) is 4.98 Å². The van der Waals surface area contributed by atoms with E-state index in [-0.39, 0.29) is 6.61 Å². The summed E-state index contributed by atoms with van der Waals surface area (Å²) in [6, 6.07) is 7.30. The van der Waals surface area contributed by atoms with E-state index in [1.807, 2.05) is 18.2 Å². The molecule has 0 fully saturated rings. The third kappa shape index (κ3) is 2.72. The van der Waals surface area contributed by atoms with Crippen LogP contribution in [0.15, 0.2) is 30.5 Å². The molecule has 3 nitrogen and oxygen atoms in total. The van der Waals surface area contributed by atoms with Gasteiger partial charge in [-0.05, 0) is 12.1 Å². The number of aromatic nitrogens is 1. The molecule has 16 heavy (non-hydrogen) atoms. The van der Waals surface area contributed by atoms with Crippen LogP contribution in [0.3, 0.4) is 0 Å². The number of ether oxygens (including phenoxy) is 1. The van der Waals surface area contributed by atoms with Gasteiger partial charge in [-0.15, -0.1) is 11.3 Å². The number of hydrogen-bond donors (Lipinski definition) is 1. The van der Waals surface area contributed by atoms with E-state index in [0.717, 1.165) is 9.88 Å². The molecule has 1 aromatic heterocycles. The lowest BCUT2D eigenvalue weighted by Gasteiger charge is -2.05. The number of hydrogen-bond acceptors (Lipinski definition) is 4. The number of halogens is 1. The van der Waals surface area contributed by atoms with Gasteiger partial charge in [0, 0.05) is 6.20 Å². The molecule has 0 aliphatic heterocycles. The number of benzene rings is 1. The zero-order valence-corrected chi connectivity index (χ0v) is 9.96. The van der Waals surface area contributed by atoms with Gasteiger partial charge in [-0.2, -0.15) is 0 Å². The summed E-state index contributed by atoms with van der Waals surface area (Å²) >= 11 is 7.37. The number of nitrogens with zero attached hydrogens (tertiary/aromatic N) is 1. The summed E-state index contributed by atoms with van der Waals surface area (Å²) < 4.78 is 5.51. The van der Waals surface area contributed by atoms with Crippen molar-refractivity contribution in [1.29, 1.82) is 0 Å². The van der Waals surface area contributed by atoms with Crippen molar-refractivity contribution in [2.75, 3.05) is 0 Å². The predicted octanol–water partition coefficient (Wildman–Crippen LogP) is 2.87. The topological polar surface area (TPSA) is 42.4 Å². The molecule has 5 heteroatoms. The normalized spacial score (nSPS) is 10.4. The molecule has 0 bridgehead atoms. The zero-order chi connectivity index (χ0) is 11.4. The van der Waals surface area contributed by atoms with Crippen LogP contribution in [0.1, 0.15) is 9.88 Å². The van der Waals surface area contributed by atoms with Gasteiger partial charge in [0.1, 0.15) is 17.4 Å². The van der Waals surface area contributed by atoms with Crippen LogP contribution in [0.4, 0.5) is 0 Å². The monoisotopic (exact) mass is 255 g/mol. The molecule has 0 aliphatic carbocycles. The fraction of sp³-hybridized carbons (Fsp3) is 0.182. The SMILES string of the molecule is OCc1cnc(COc2ccccc2Cl)s1. The van der Waals surface area contributed by atoms with Crippen LogP contribution in [0.5, 0.6) is 5.75 Å². The molecule has 0 atom stereocenters. The first-order valence-electron chi connectivity index (χ1n) is 4.71. The minimum Gasteiger partial charge on any atom is -0.485 e. The summed E-state index contributed by atoms with van der Waals surface area (Å²) in [4.78, 5) is 4.95. The molecule has 0 aliphatic rings. The van der Waals surface area contributed by atoms with Crippen molar-refractivity contribution in [3.8, 4) is 5.75 Å². The third-order valence-corrected chi connectivity index (χ3v) is 3.21. The van der Waals surface area contributed by atoms with Gasteiger partial charge in [0.15, 0.2) is 0 Å². The molecule has 1 aromatic carbocycles. The van der Waals surface area contributed by atoms with E-state index in [9.17, 15) is 0 Å². The van der Waals surface area contributed by atoms with Crippen LogP contribution in [0.2, 0.25) is 5.02 Å². The Balaban J connectivity index is 1.99. The zero-order valence-electron chi connectivity index (χ0n) is 8.39. The predicted molar refractivity (Wildman–Crippen MR) is 63.8 cm³/mol. The molecule has 0 spiro atoms. The van der Waals surface area contributed by atoms with Crippen LogP contribution in [-0.4, -0.2) is 10.1 Å². The van der Waals surface area contributed by atoms with Crippen molar-refractivity contribution < 1.29 is 9.84 Å². The summed E-state index contributed by atoms with van der Waals surface area (Å²) in [5.74, 6) is 0.643. The fourth-order valence-electron chi connectivity index (χ4n) is 1.19. The summed E-state index contributed by atoms with van der Waals surface area (Å²) in [6.45, 7) is 0.387. The molecule has 0 saturated heterocycles. The molecule has 0 amide bonds. The van der Waals surface area contributed by atoms with Crippen LogP contribution < -0.4 is 4.74 Å². The Hall–Kier alpha value is -1.10. The van der Waals surface area contributed by atoms with E-state index in [4.69, 9.17) is 21.4 Å². The second-order valence-corrected chi connectivity index (χ2v) is 4.70. The van der Waals surface area contributed by atoms with Gasteiger partial charge in [0.2, 0.25) is 0 Å². The van der Waals surface area contributed by atoms with E-state index < -0.39 is 0 Å². The van der Waals surface area contributed by atoms with E-state index in [1.54, 1.807) is 12.3 Å². The molecule has 0 saturated carbocycles. The highest BCUT2D eigenvalue weighted by Gasteiger charge is 2.04. The van der Waals surface area contributed by atoms with Crippen LogP contribution in [-0.2, 0) is 13.2 Å². The molecule has 0 unspecified atom stereocenters. The van der Waals surface area contributed by atoms with Gasteiger partial charge in [-0.25, -0.2) is 4.98 Å². The van der Waals surface area contributed by atoms with Gasteiger partial charge < -0.3 is 9.84 Å². The van der Waals surface area contributed by atoms with Gasteiger partial charge in [-0.1, -0.05) is 23.7 Å². The van der Waals surface area contributed by atoms with Crippen molar-refractivity contribution in [1.82, 2.24) is 4.98 Å². The highest BCUT2D eigenvalue weighted by atomic mass is 35.5. The van der Waals surface area contributed by atoms with Gasteiger partial charge in [0.25, 0.3) is 0 Å². The lowest BCUT2D eigenvalue weighted by molar-refractivity contribution is 0.285. The first-order valence-corrected chi connectivity index (χ1v) is 5.91. The second-order valence-electron chi connectivity index (χ2n) is 3.10. The molecular formula is C11H10ClNO2S. The third-order valence-electron chi connectivity index (χ3n) is 1.95. The van der Waals surface area contributed by atoms with Crippen molar-refractivity contribution in [3.05, 3.63) is 45.4 Å². The summed E-state index contributed by atoms with van der Waals surface area (Å²) in [5, 5.41) is 10.3. The quantitative estimate of drug-likeness (QED) is 0.914. The van der Waals surface area contributed by atoms with Crippen LogP contribution in [0.25, 0.3) is 0 Å². The fourth-order valence-corrected chi connectivity index (χ4v) is 2.08. The maximum absolute atomic E-state index is 8.89. The Morgan fingerprint density at radius 3 is 2.88 bits per heavy atom. The van der Waals surface area contributed by atoms with Gasteiger partial charge in [-0.3, -0.25) is 0 Å². The summed E-state index contributed by atoms with van der Waals surface area (Å²) in [7, 11) is 0. The Morgan fingerprint density at radius 1 is 1.38 bits per heavy atom.